The first-order valence-corrected chi connectivity index (χ1v) is 9.65. The SMILES string of the molecule is O=C(c1c(F)cccc1Cl)N1CCN(c2ccnc(N3CCOCC3)n2)CC1. The predicted octanol–water partition coefficient (Wildman–Crippen LogP) is 2.07. The summed E-state index contributed by atoms with van der Waals surface area (Å²) in [5.41, 5.74) is -0.0609. The first kappa shape index (κ1) is 18.9. The number of ether oxygens (including phenoxy) is 1. The highest BCUT2D eigenvalue weighted by atomic mass is 35.5. The molecule has 2 fully saturated rings. The van der Waals surface area contributed by atoms with Crippen LogP contribution in [0.4, 0.5) is 16.2 Å². The lowest BCUT2D eigenvalue weighted by atomic mass is 10.1. The second kappa shape index (κ2) is 8.28. The van der Waals surface area contributed by atoms with Crippen LogP contribution in [0.25, 0.3) is 0 Å². The normalized spacial score (nSPS) is 17.7. The third-order valence-electron chi connectivity index (χ3n) is 4.99. The Balaban J connectivity index is 1.42. The molecular weight excluding hydrogens is 385 g/mol. The lowest BCUT2D eigenvalue weighted by Crippen LogP contribution is -2.49. The molecule has 2 aliphatic heterocycles. The third-order valence-corrected chi connectivity index (χ3v) is 5.30. The maximum Gasteiger partial charge on any atom is 0.258 e. The van der Waals surface area contributed by atoms with Gasteiger partial charge in [0.05, 0.1) is 23.8 Å². The number of hydrogen-bond donors (Lipinski definition) is 0. The van der Waals surface area contributed by atoms with E-state index in [1.807, 2.05) is 6.07 Å². The van der Waals surface area contributed by atoms with Crippen molar-refractivity contribution in [2.75, 3.05) is 62.3 Å². The molecule has 148 valence electrons. The Labute approximate surface area is 167 Å². The van der Waals surface area contributed by atoms with Crippen LogP contribution in [0.5, 0.6) is 0 Å². The molecule has 0 saturated carbocycles. The zero-order valence-corrected chi connectivity index (χ0v) is 16.1. The molecule has 28 heavy (non-hydrogen) atoms. The molecule has 2 aliphatic rings. The second-order valence-corrected chi connectivity index (χ2v) is 7.10. The molecule has 0 atom stereocenters. The van der Waals surface area contributed by atoms with Gasteiger partial charge in [0.15, 0.2) is 0 Å². The number of halogens is 2. The summed E-state index contributed by atoms with van der Waals surface area (Å²) in [5, 5.41) is 0.137. The largest absolute Gasteiger partial charge is 0.378 e. The van der Waals surface area contributed by atoms with Gasteiger partial charge in [-0.15, -0.1) is 0 Å². The first-order chi connectivity index (χ1) is 13.6. The third kappa shape index (κ3) is 3.88. The quantitative estimate of drug-likeness (QED) is 0.779. The molecule has 2 aromatic rings. The fourth-order valence-electron chi connectivity index (χ4n) is 3.43. The molecule has 0 bridgehead atoms. The van der Waals surface area contributed by atoms with Crippen LogP contribution in [0.1, 0.15) is 10.4 Å². The second-order valence-electron chi connectivity index (χ2n) is 6.69. The average molecular weight is 406 g/mol. The highest BCUT2D eigenvalue weighted by Gasteiger charge is 2.26. The number of rotatable bonds is 3. The standard InChI is InChI=1S/C19H21ClFN5O2/c20-14-2-1-3-15(21)17(14)18(27)25-8-6-24(7-9-25)16-4-5-22-19(23-16)26-10-12-28-13-11-26/h1-5H,6-13H2. The van der Waals surface area contributed by atoms with E-state index in [2.05, 4.69) is 19.8 Å². The summed E-state index contributed by atoms with van der Waals surface area (Å²) in [6.45, 7) is 5.06. The van der Waals surface area contributed by atoms with Crippen molar-refractivity contribution < 1.29 is 13.9 Å². The summed E-state index contributed by atoms with van der Waals surface area (Å²) < 4.78 is 19.4. The van der Waals surface area contributed by atoms with E-state index in [4.69, 9.17) is 16.3 Å². The zero-order chi connectivity index (χ0) is 19.5. The van der Waals surface area contributed by atoms with Gasteiger partial charge in [-0.05, 0) is 18.2 Å². The van der Waals surface area contributed by atoms with Crippen molar-refractivity contribution in [2.45, 2.75) is 0 Å². The molecule has 1 amide bonds. The average Bonchev–Trinajstić information content (AvgIpc) is 2.74. The fraction of sp³-hybridized carbons (Fsp3) is 0.421. The van der Waals surface area contributed by atoms with Crippen LogP contribution >= 0.6 is 11.6 Å². The number of morpholine rings is 1. The van der Waals surface area contributed by atoms with Crippen LogP contribution in [0.2, 0.25) is 5.02 Å². The van der Waals surface area contributed by atoms with Gasteiger partial charge in [0.1, 0.15) is 11.6 Å². The number of benzene rings is 1. The van der Waals surface area contributed by atoms with Crippen molar-refractivity contribution >= 4 is 29.3 Å². The minimum atomic E-state index is -0.592. The molecule has 1 aromatic heterocycles. The summed E-state index contributed by atoms with van der Waals surface area (Å²) in [6, 6.07) is 6.15. The number of piperazine rings is 1. The number of aromatic nitrogens is 2. The number of anilines is 2. The molecule has 3 heterocycles. The van der Waals surface area contributed by atoms with Crippen molar-refractivity contribution in [1.29, 1.82) is 0 Å². The molecule has 0 aliphatic carbocycles. The summed E-state index contributed by atoms with van der Waals surface area (Å²) in [4.78, 5) is 27.6. The number of hydrogen-bond acceptors (Lipinski definition) is 6. The van der Waals surface area contributed by atoms with Crippen LogP contribution in [0, 0.1) is 5.82 Å². The summed E-state index contributed by atoms with van der Waals surface area (Å²) in [6.07, 6.45) is 1.75. The van der Waals surface area contributed by atoms with E-state index in [0.717, 1.165) is 18.9 Å². The molecule has 7 nitrogen and oxygen atoms in total. The maximum atomic E-state index is 14.0. The molecule has 4 rings (SSSR count). The first-order valence-electron chi connectivity index (χ1n) is 9.27. The Morgan fingerprint density at radius 1 is 1.04 bits per heavy atom. The monoisotopic (exact) mass is 405 g/mol. The number of amides is 1. The van der Waals surface area contributed by atoms with E-state index in [-0.39, 0.29) is 16.5 Å². The highest BCUT2D eigenvalue weighted by molar-refractivity contribution is 6.33. The Hall–Kier alpha value is -2.45. The Morgan fingerprint density at radius 3 is 2.50 bits per heavy atom. The molecule has 2 saturated heterocycles. The molecule has 0 unspecified atom stereocenters. The van der Waals surface area contributed by atoms with Crippen LogP contribution < -0.4 is 9.80 Å². The topological polar surface area (TPSA) is 61.8 Å². The highest BCUT2D eigenvalue weighted by Crippen LogP contribution is 2.23. The fourth-order valence-corrected chi connectivity index (χ4v) is 3.67. The van der Waals surface area contributed by atoms with Crippen LogP contribution in [-0.4, -0.2) is 73.3 Å². The smallest absolute Gasteiger partial charge is 0.258 e. The number of carbonyl (C=O) groups is 1. The van der Waals surface area contributed by atoms with E-state index in [0.29, 0.717) is 45.3 Å². The lowest BCUT2D eigenvalue weighted by Gasteiger charge is -2.36. The Morgan fingerprint density at radius 2 is 1.79 bits per heavy atom. The minimum Gasteiger partial charge on any atom is -0.378 e. The van der Waals surface area contributed by atoms with E-state index in [1.54, 1.807) is 11.1 Å². The van der Waals surface area contributed by atoms with Crippen molar-refractivity contribution in [1.82, 2.24) is 14.9 Å². The van der Waals surface area contributed by atoms with E-state index in [1.165, 1.54) is 18.2 Å². The van der Waals surface area contributed by atoms with Gasteiger partial charge in [0.2, 0.25) is 5.95 Å². The van der Waals surface area contributed by atoms with Gasteiger partial charge in [0, 0.05) is 45.5 Å². The van der Waals surface area contributed by atoms with Gasteiger partial charge in [-0.1, -0.05) is 17.7 Å². The summed E-state index contributed by atoms with van der Waals surface area (Å²) in [7, 11) is 0. The van der Waals surface area contributed by atoms with Crippen LogP contribution in [0.3, 0.4) is 0 Å². The Bertz CT molecular complexity index is 834. The summed E-state index contributed by atoms with van der Waals surface area (Å²) in [5.74, 6) is 0.551. The molecule has 9 heteroatoms. The molecule has 0 N–H and O–H groups in total. The number of carbonyl (C=O) groups excluding carboxylic acids is 1. The van der Waals surface area contributed by atoms with E-state index in [9.17, 15) is 9.18 Å². The zero-order valence-electron chi connectivity index (χ0n) is 15.4. The molecule has 1 aromatic carbocycles. The van der Waals surface area contributed by atoms with Crippen molar-refractivity contribution in [3.05, 3.63) is 46.9 Å². The number of nitrogens with zero attached hydrogens (tertiary/aromatic N) is 5. The van der Waals surface area contributed by atoms with Crippen LogP contribution in [-0.2, 0) is 4.74 Å². The van der Waals surface area contributed by atoms with Gasteiger partial charge in [0.25, 0.3) is 5.91 Å². The minimum absolute atomic E-state index is 0.0609. The lowest BCUT2D eigenvalue weighted by molar-refractivity contribution is 0.0742. The van der Waals surface area contributed by atoms with Crippen molar-refractivity contribution in [2.24, 2.45) is 0 Å². The molecule has 0 radical (unpaired) electrons. The van der Waals surface area contributed by atoms with Gasteiger partial charge in [-0.2, -0.15) is 4.98 Å². The van der Waals surface area contributed by atoms with Gasteiger partial charge in [-0.3, -0.25) is 4.79 Å². The van der Waals surface area contributed by atoms with Crippen molar-refractivity contribution in [3.63, 3.8) is 0 Å². The molecule has 0 spiro atoms. The summed E-state index contributed by atoms with van der Waals surface area (Å²) >= 11 is 6.03. The molecular formula is C19H21ClFN5O2. The van der Waals surface area contributed by atoms with Crippen molar-refractivity contribution in [3.8, 4) is 0 Å². The van der Waals surface area contributed by atoms with Gasteiger partial charge < -0.3 is 19.4 Å². The van der Waals surface area contributed by atoms with E-state index < -0.39 is 5.82 Å². The Kier molecular flexibility index (Phi) is 5.59. The van der Waals surface area contributed by atoms with Gasteiger partial charge in [-0.25, -0.2) is 9.37 Å². The predicted molar refractivity (Wildman–Crippen MR) is 105 cm³/mol. The van der Waals surface area contributed by atoms with Gasteiger partial charge >= 0.3 is 0 Å². The van der Waals surface area contributed by atoms with Crippen LogP contribution in [0.15, 0.2) is 30.5 Å². The maximum absolute atomic E-state index is 14.0. The van der Waals surface area contributed by atoms with E-state index >= 15 is 0 Å².